The average molecular weight is 247 g/mol. The molecule has 1 aromatic rings. The molecule has 0 spiro atoms. The minimum Gasteiger partial charge on any atom is -0.316 e. The van der Waals surface area contributed by atoms with Crippen LogP contribution in [0, 0.1) is 12.3 Å². The Morgan fingerprint density at radius 2 is 2.39 bits per heavy atom. The van der Waals surface area contributed by atoms with Crippen LogP contribution in [0.1, 0.15) is 31.7 Å². The number of piperidine rings is 1. The summed E-state index contributed by atoms with van der Waals surface area (Å²) in [5.74, 6) is 0.734. The predicted molar refractivity (Wildman–Crippen MR) is 72.4 cm³/mol. The Bertz CT molecular complexity index is 408. The van der Waals surface area contributed by atoms with Crippen LogP contribution in [0.4, 0.5) is 5.82 Å². The SMILES string of the molecule is CCC1(C(=O)Nc2ccc(C)cn2)CCCNC1. The number of carbonyl (C=O) groups is 1. The van der Waals surface area contributed by atoms with Crippen LogP contribution in [-0.2, 0) is 4.79 Å². The lowest BCUT2D eigenvalue weighted by Crippen LogP contribution is -2.47. The normalized spacial score (nSPS) is 23.7. The van der Waals surface area contributed by atoms with Gasteiger partial charge in [0.15, 0.2) is 0 Å². The van der Waals surface area contributed by atoms with Gasteiger partial charge in [0.2, 0.25) is 5.91 Å². The molecule has 1 amide bonds. The number of aromatic nitrogens is 1. The maximum Gasteiger partial charge on any atom is 0.233 e. The van der Waals surface area contributed by atoms with E-state index in [1.165, 1.54) is 0 Å². The zero-order valence-corrected chi connectivity index (χ0v) is 11.1. The average Bonchev–Trinajstić information content (AvgIpc) is 2.42. The Hall–Kier alpha value is -1.42. The summed E-state index contributed by atoms with van der Waals surface area (Å²) in [5, 5.41) is 6.26. The molecule has 1 aliphatic rings. The molecule has 1 unspecified atom stereocenters. The molecule has 0 aliphatic carbocycles. The number of amides is 1. The van der Waals surface area contributed by atoms with Crippen molar-refractivity contribution < 1.29 is 4.79 Å². The van der Waals surface area contributed by atoms with Crippen LogP contribution in [0.15, 0.2) is 18.3 Å². The fourth-order valence-corrected chi connectivity index (χ4v) is 2.41. The highest BCUT2D eigenvalue weighted by molar-refractivity contribution is 5.94. The first kappa shape index (κ1) is 13.0. The fraction of sp³-hybridized carbons (Fsp3) is 0.571. The number of carbonyl (C=O) groups excluding carboxylic acids is 1. The highest BCUT2D eigenvalue weighted by Gasteiger charge is 2.37. The first-order chi connectivity index (χ1) is 8.66. The first-order valence-corrected chi connectivity index (χ1v) is 6.61. The van der Waals surface area contributed by atoms with Gasteiger partial charge >= 0.3 is 0 Å². The summed E-state index contributed by atoms with van der Waals surface area (Å²) in [4.78, 5) is 16.6. The van der Waals surface area contributed by atoms with Crippen LogP contribution in [-0.4, -0.2) is 24.0 Å². The van der Waals surface area contributed by atoms with Gasteiger partial charge in [-0.15, -0.1) is 0 Å². The van der Waals surface area contributed by atoms with E-state index in [4.69, 9.17) is 0 Å². The monoisotopic (exact) mass is 247 g/mol. The van der Waals surface area contributed by atoms with E-state index >= 15 is 0 Å². The van der Waals surface area contributed by atoms with Gasteiger partial charge in [-0.3, -0.25) is 4.79 Å². The van der Waals surface area contributed by atoms with Crippen LogP contribution < -0.4 is 10.6 Å². The Kier molecular flexibility index (Phi) is 3.97. The van der Waals surface area contributed by atoms with E-state index in [0.29, 0.717) is 5.82 Å². The second kappa shape index (κ2) is 5.48. The smallest absolute Gasteiger partial charge is 0.233 e. The molecule has 0 saturated carbocycles. The third-order valence-corrected chi connectivity index (χ3v) is 3.78. The molecule has 2 N–H and O–H groups in total. The molecule has 1 aliphatic heterocycles. The van der Waals surface area contributed by atoms with E-state index in [1.54, 1.807) is 6.20 Å². The molecule has 98 valence electrons. The van der Waals surface area contributed by atoms with Gasteiger partial charge in [-0.2, -0.15) is 0 Å². The standard InChI is InChI=1S/C14H21N3O/c1-3-14(7-4-8-15-10-14)13(18)17-12-6-5-11(2)9-16-12/h5-6,9,15H,3-4,7-8,10H2,1-2H3,(H,16,17,18). The molecule has 1 fully saturated rings. The summed E-state index contributed by atoms with van der Waals surface area (Å²) in [7, 11) is 0. The summed E-state index contributed by atoms with van der Waals surface area (Å²) < 4.78 is 0. The van der Waals surface area contributed by atoms with Crippen molar-refractivity contribution in [3.63, 3.8) is 0 Å². The Morgan fingerprint density at radius 3 is 2.94 bits per heavy atom. The summed E-state index contributed by atoms with van der Waals surface area (Å²) >= 11 is 0. The van der Waals surface area contributed by atoms with Gasteiger partial charge in [-0.25, -0.2) is 4.98 Å². The second-order valence-electron chi connectivity index (χ2n) is 5.09. The molecule has 2 rings (SSSR count). The van der Waals surface area contributed by atoms with E-state index in [1.807, 2.05) is 19.1 Å². The predicted octanol–water partition coefficient (Wildman–Crippen LogP) is 2.11. The van der Waals surface area contributed by atoms with Gasteiger partial charge in [0.05, 0.1) is 5.41 Å². The van der Waals surface area contributed by atoms with Gasteiger partial charge in [0, 0.05) is 12.7 Å². The maximum absolute atomic E-state index is 12.4. The van der Waals surface area contributed by atoms with Gasteiger partial charge in [-0.1, -0.05) is 13.0 Å². The molecule has 1 saturated heterocycles. The lowest BCUT2D eigenvalue weighted by Gasteiger charge is -2.35. The molecule has 4 heteroatoms. The van der Waals surface area contributed by atoms with Gasteiger partial charge in [0.1, 0.15) is 5.82 Å². The molecule has 18 heavy (non-hydrogen) atoms. The molecule has 0 radical (unpaired) electrons. The molecular formula is C14H21N3O. The van der Waals surface area contributed by atoms with Gasteiger partial charge in [-0.05, 0) is 44.4 Å². The highest BCUT2D eigenvalue weighted by Crippen LogP contribution is 2.31. The molecule has 0 aromatic carbocycles. The van der Waals surface area contributed by atoms with Crippen molar-refractivity contribution in [3.8, 4) is 0 Å². The lowest BCUT2D eigenvalue weighted by molar-refractivity contribution is -0.126. The summed E-state index contributed by atoms with van der Waals surface area (Å²) in [6, 6.07) is 3.81. The summed E-state index contributed by atoms with van der Waals surface area (Å²) in [5.41, 5.74) is 0.822. The van der Waals surface area contributed by atoms with Crippen molar-refractivity contribution in [2.24, 2.45) is 5.41 Å². The third kappa shape index (κ3) is 2.70. The zero-order valence-electron chi connectivity index (χ0n) is 11.1. The topological polar surface area (TPSA) is 54.0 Å². The number of aryl methyl sites for hydroxylation is 1. The molecule has 4 nitrogen and oxygen atoms in total. The van der Waals surface area contributed by atoms with Gasteiger partial charge in [0.25, 0.3) is 0 Å². The summed E-state index contributed by atoms with van der Waals surface area (Å²) in [6.45, 7) is 5.84. The van der Waals surface area contributed by atoms with Crippen molar-refractivity contribution in [3.05, 3.63) is 23.9 Å². The van der Waals surface area contributed by atoms with E-state index in [9.17, 15) is 4.79 Å². The van der Waals surface area contributed by atoms with Crippen molar-refractivity contribution in [1.82, 2.24) is 10.3 Å². The van der Waals surface area contributed by atoms with E-state index in [2.05, 4.69) is 22.5 Å². The quantitative estimate of drug-likeness (QED) is 0.860. The molecule has 1 aromatic heterocycles. The largest absolute Gasteiger partial charge is 0.316 e. The molecular weight excluding hydrogens is 226 g/mol. The number of pyridine rings is 1. The van der Waals surface area contributed by atoms with Crippen molar-refractivity contribution in [2.45, 2.75) is 33.1 Å². The van der Waals surface area contributed by atoms with Crippen LogP contribution >= 0.6 is 0 Å². The molecule has 1 atom stereocenters. The van der Waals surface area contributed by atoms with Crippen LogP contribution in [0.25, 0.3) is 0 Å². The van der Waals surface area contributed by atoms with Crippen molar-refractivity contribution >= 4 is 11.7 Å². The van der Waals surface area contributed by atoms with Crippen molar-refractivity contribution in [1.29, 1.82) is 0 Å². The van der Waals surface area contributed by atoms with E-state index in [-0.39, 0.29) is 11.3 Å². The minimum absolute atomic E-state index is 0.0913. The number of hydrogen-bond donors (Lipinski definition) is 2. The lowest BCUT2D eigenvalue weighted by atomic mass is 9.77. The number of hydrogen-bond acceptors (Lipinski definition) is 3. The first-order valence-electron chi connectivity index (χ1n) is 6.61. The number of anilines is 1. The number of nitrogens with one attached hydrogen (secondary N) is 2. The number of nitrogens with zero attached hydrogens (tertiary/aromatic N) is 1. The van der Waals surface area contributed by atoms with Crippen molar-refractivity contribution in [2.75, 3.05) is 18.4 Å². The Balaban J connectivity index is 2.07. The minimum atomic E-state index is -0.273. The summed E-state index contributed by atoms with van der Waals surface area (Å²) in [6.07, 6.45) is 4.64. The van der Waals surface area contributed by atoms with Gasteiger partial charge < -0.3 is 10.6 Å². The van der Waals surface area contributed by atoms with E-state index in [0.717, 1.165) is 37.9 Å². The zero-order chi connectivity index (χ0) is 13.0. The third-order valence-electron chi connectivity index (χ3n) is 3.78. The molecule has 2 heterocycles. The fourth-order valence-electron chi connectivity index (χ4n) is 2.41. The Morgan fingerprint density at radius 1 is 1.56 bits per heavy atom. The number of rotatable bonds is 3. The maximum atomic E-state index is 12.4. The second-order valence-corrected chi connectivity index (χ2v) is 5.09. The highest BCUT2D eigenvalue weighted by atomic mass is 16.2. The molecule has 0 bridgehead atoms. The van der Waals surface area contributed by atoms with Crippen LogP contribution in [0.3, 0.4) is 0 Å². The van der Waals surface area contributed by atoms with Crippen LogP contribution in [0.5, 0.6) is 0 Å². The Labute approximate surface area is 108 Å². The van der Waals surface area contributed by atoms with Crippen LogP contribution in [0.2, 0.25) is 0 Å². The van der Waals surface area contributed by atoms with E-state index < -0.39 is 0 Å².